The standard InChI is InChI=1S/C30H37F3N8O2.C2H6/c1-17-11-20-19(13-35-39-20)23(25(17)30(31,32)33)21-12-22-24(27(42)36-21)26(41-10-7-34-18(2)14-41)38-28(37-22)43-16-29(5-6-29)15-40-8-3-4-9-40;1-2/h11,13,18,21,34H,3-10,12,14-16H2,1-2H3,(H,35,39)(H,36,42);1-2H3. The van der Waals surface area contributed by atoms with Crippen molar-refractivity contribution in [3.05, 3.63) is 40.2 Å². The summed E-state index contributed by atoms with van der Waals surface area (Å²) >= 11 is 0. The van der Waals surface area contributed by atoms with E-state index >= 15 is 0 Å². The van der Waals surface area contributed by atoms with Crippen LogP contribution in [0.15, 0.2) is 12.3 Å². The Morgan fingerprint density at radius 2 is 1.89 bits per heavy atom. The minimum absolute atomic E-state index is 0.00350. The second-order valence-corrected chi connectivity index (χ2v) is 12.8. The van der Waals surface area contributed by atoms with Gasteiger partial charge >= 0.3 is 12.2 Å². The number of carbonyl (C=O) groups excluding carboxylic acids is 1. The fraction of sp³-hybridized carbons (Fsp3) is 0.625. The number of fused-ring (bicyclic) bond motifs is 2. The van der Waals surface area contributed by atoms with Crippen molar-refractivity contribution in [1.29, 1.82) is 0 Å². The first-order valence-electron chi connectivity index (χ1n) is 16.2. The molecule has 5 heterocycles. The normalized spacial score (nSPS) is 22.9. The highest BCUT2D eigenvalue weighted by molar-refractivity contribution is 6.02. The Hall–Kier alpha value is -3.45. The summed E-state index contributed by atoms with van der Waals surface area (Å²) in [5.41, 5.74) is 0.565. The fourth-order valence-corrected chi connectivity index (χ4v) is 7.07. The molecule has 10 nitrogen and oxygen atoms in total. The molecule has 7 rings (SSSR count). The molecule has 4 aliphatic rings. The maximum atomic E-state index is 14.5. The minimum atomic E-state index is -4.62. The van der Waals surface area contributed by atoms with Crippen molar-refractivity contribution in [3.63, 3.8) is 0 Å². The third-order valence-electron chi connectivity index (χ3n) is 9.38. The van der Waals surface area contributed by atoms with Gasteiger partial charge in [0.15, 0.2) is 0 Å². The summed E-state index contributed by atoms with van der Waals surface area (Å²) in [6.45, 7) is 13.2. The van der Waals surface area contributed by atoms with E-state index in [1.807, 2.05) is 18.7 Å². The van der Waals surface area contributed by atoms with Crippen molar-refractivity contribution in [2.75, 3.05) is 50.8 Å². The molecule has 3 aromatic rings. The lowest BCUT2D eigenvalue weighted by Gasteiger charge is -2.36. The number of rotatable bonds is 7. The van der Waals surface area contributed by atoms with Gasteiger partial charge in [-0.1, -0.05) is 13.8 Å². The molecule has 13 heteroatoms. The lowest BCUT2D eigenvalue weighted by molar-refractivity contribution is -0.138. The third-order valence-corrected chi connectivity index (χ3v) is 9.38. The number of aryl methyl sites for hydroxylation is 1. The number of piperazine rings is 1. The number of nitrogens with one attached hydrogen (secondary N) is 3. The largest absolute Gasteiger partial charge is 0.463 e. The van der Waals surface area contributed by atoms with E-state index in [1.54, 1.807) is 0 Å². The van der Waals surface area contributed by atoms with Gasteiger partial charge in [-0.3, -0.25) is 9.89 Å². The highest BCUT2D eigenvalue weighted by Gasteiger charge is 2.46. The van der Waals surface area contributed by atoms with Crippen LogP contribution < -0.4 is 20.3 Å². The molecule has 2 atom stereocenters. The number of halogens is 3. The SMILES string of the molecule is CC.Cc1cc2[nH]ncc2c(C2Cc3nc(OCC4(CN5CCCC5)CC4)nc(N4CCNC(C)C4)c3C(=O)N2)c1C(F)(F)F. The van der Waals surface area contributed by atoms with E-state index in [0.717, 1.165) is 39.0 Å². The van der Waals surface area contributed by atoms with Gasteiger partial charge in [0.05, 0.1) is 35.6 Å². The molecule has 2 aromatic heterocycles. The second-order valence-electron chi connectivity index (χ2n) is 12.8. The van der Waals surface area contributed by atoms with Gasteiger partial charge in [-0.15, -0.1) is 0 Å². The summed E-state index contributed by atoms with van der Waals surface area (Å²) in [4.78, 5) is 27.8. The van der Waals surface area contributed by atoms with Crippen LogP contribution in [0.1, 0.15) is 85.2 Å². The molecular weight excluding hydrogens is 585 g/mol. The summed E-state index contributed by atoms with van der Waals surface area (Å²) in [7, 11) is 0. The summed E-state index contributed by atoms with van der Waals surface area (Å²) in [5.74, 6) is -0.0135. The van der Waals surface area contributed by atoms with E-state index in [9.17, 15) is 18.0 Å². The van der Waals surface area contributed by atoms with Crippen LogP contribution in [-0.4, -0.2) is 82.9 Å². The topological polar surface area (TPSA) is 111 Å². The first kappa shape index (κ1) is 31.5. The van der Waals surface area contributed by atoms with E-state index in [2.05, 4.69) is 32.7 Å². The van der Waals surface area contributed by atoms with Crippen LogP contribution in [0.25, 0.3) is 10.9 Å². The molecule has 244 valence electrons. The molecule has 0 bridgehead atoms. The third kappa shape index (κ3) is 6.33. The number of hydrogen-bond donors (Lipinski definition) is 3. The summed E-state index contributed by atoms with van der Waals surface area (Å²) in [5, 5.41) is 13.4. The molecule has 0 spiro atoms. The zero-order chi connectivity index (χ0) is 31.9. The van der Waals surface area contributed by atoms with E-state index in [-0.39, 0.29) is 35.0 Å². The number of ether oxygens (including phenoxy) is 1. The van der Waals surface area contributed by atoms with Gasteiger partial charge < -0.3 is 25.2 Å². The maximum Gasteiger partial charge on any atom is 0.417 e. The van der Waals surface area contributed by atoms with Crippen molar-refractivity contribution in [2.24, 2.45) is 5.41 Å². The van der Waals surface area contributed by atoms with E-state index in [4.69, 9.17) is 14.7 Å². The predicted octanol–water partition coefficient (Wildman–Crippen LogP) is 4.79. The van der Waals surface area contributed by atoms with Gasteiger partial charge in [-0.2, -0.15) is 28.2 Å². The molecule has 3 N–H and O–H groups in total. The summed E-state index contributed by atoms with van der Waals surface area (Å²) < 4.78 is 49.7. The smallest absolute Gasteiger partial charge is 0.417 e. The second kappa shape index (κ2) is 12.4. The monoisotopic (exact) mass is 628 g/mol. The number of nitrogens with zero attached hydrogens (tertiary/aromatic N) is 5. The van der Waals surface area contributed by atoms with Crippen molar-refractivity contribution in [1.82, 2.24) is 35.7 Å². The van der Waals surface area contributed by atoms with Gasteiger partial charge in [0.1, 0.15) is 11.4 Å². The van der Waals surface area contributed by atoms with Crippen molar-refractivity contribution in [2.45, 2.75) is 78.1 Å². The number of amides is 1. The van der Waals surface area contributed by atoms with Crippen LogP contribution in [0, 0.1) is 12.3 Å². The van der Waals surface area contributed by atoms with E-state index in [1.165, 1.54) is 32.0 Å². The Kier molecular flexibility index (Phi) is 8.68. The average Bonchev–Trinajstić information content (AvgIpc) is 3.33. The van der Waals surface area contributed by atoms with Gasteiger partial charge in [0.25, 0.3) is 5.91 Å². The molecule has 3 fully saturated rings. The molecule has 1 saturated carbocycles. The average molecular weight is 629 g/mol. The molecule has 3 aliphatic heterocycles. The van der Waals surface area contributed by atoms with Gasteiger partial charge in [0, 0.05) is 49.4 Å². The maximum absolute atomic E-state index is 14.5. The molecular formula is C32H43F3N8O2. The number of hydrogen-bond acceptors (Lipinski definition) is 8. The molecule has 1 amide bonds. The lowest BCUT2D eigenvalue weighted by atomic mass is 9.87. The molecule has 2 unspecified atom stereocenters. The molecule has 0 radical (unpaired) electrons. The number of anilines is 1. The molecule has 1 aliphatic carbocycles. The number of alkyl halides is 3. The quantitative estimate of drug-likeness (QED) is 0.343. The predicted molar refractivity (Wildman–Crippen MR) is 166 cm³/mol. The van der Waals surface area contributed by atoms with Crippen molar-refractivity contribution < 1.29 is 22.7 Å². The lowest BCUT2D eigenvalue weighted by Crippen LogP contribution is -2.50. The highest BCUT2D eigenvalue weighted by atomic mass is 19.4. The molecule has 2 saturated heterocycles. The zero-order valence-electron chi connectivity index (χ0n) is 26.5. The van der Waals surface area contributed by atoms with Gasteiger partial charge in [-0.05, 0) is 69.8 Å². The highest BCUT2D eigenvalue weighted by Crippen LogP contribution is 2.47. The number of aromatic nitrogens is 4. The van der Waals surface area contributed by atoms with Crippen LogP contribution >= 0.6 is 0 Å². The first-order valence-corrected chi connectivity index (χ1v) is 16.2. The zero-order valence-corrected chi connectivity index (χ0v) is 26.5. The summed E-state index contributed by atoms with van der Waals surface area (Å²) in [6.07, 6.45) is 1.45. The Morgan fingerprint density at radius 3 is 2.58 bits per heavy atom. The minimum Gasteiger partial charge on any atom is -0.463 e. The number of aromatic amines is 1. The number of H-pyrrole nitrogens is 1. The van der Waals surface area contributed by atoms with Crippen molar-refractivity contribution >= 4 is 22.6 Å². The fourth-order valence-electron chi connectivity index (χ4n) is 7.07. The Labute approximate surface area is 261 Å². The van der Waals surface area contributed by atoms with Crippen molar-refractivity contribution in [3.8, 4) is 6.01 Å². The van der Waals surface area contributed by atoms with Gasteiger partial charge in [-0.25, -0.2) is 0 Å². The Bertz CT molecular complexity index is 1550. The van der Waals surface area contributed by atoms with Crippen LogP contribution in [0.3, 0.4) is 0 Å². The molecule has 1 aromatic carbocycles. The van der Waals surface area contributed by atoms with Crippen LogP contribution in [-0.2, 0) is 12.6 Å². The Balaban J connectivity index is 0.00000175. The molecule has 45 heavy (non-hydrogen) atoms. The Morgan fingerprint density at radius 1 is 1.13 bits per heavy atom. The van der Waals surface area contributed by atoms with Gasteiger partial charge in [0.2, 0.25) is 0 Å². The van der Waals surface area contributed by atoms with Crippen LogP contribution in [0.5, 0.6) is 6.01 Å². The van der Waals surface area contributed by atoms with E-state index in [0.29, 0.717) is 47.7 Å². The number of benzene rings is 1. The van der Waals surface area contributed by atoms with Crippen LogP contribution in [0.4, 0.5) is 19.0 Å². The van der Waals surface area contributed by atoms with Crippen LogP contribution in [0.2, 0.25) is 0 Å². The summed E-state index contributed by atoms with van der Waals surface area (Å²) in [6, 6.07) is 0.837. The first-order chi connectivity index (χ1) is 21.6. The van der Waals surface area contributed by atoms with E-state index < -0.39 is 23.7 Å². The number of carbonyl (C=O) groups is 1. The number of likely N-dealkylation sites (tertiary alicyclic amines) is 1.